The molecule has 2 aromatic rings. The summed E-state index contributed by atoms with van der Waals surface area (Å²) in [6.07, 6.45) is 2.92. The summed E-state index contributed by atoms with van der Waals surface area (Å²) in [4.78, 5) is 2.35. The van der Waals surface area contributed by atoms with Crippen molar-refractivity contribution in [2.45, 2.75) is 51.7 Å². The zero-order valence-electron chi connectivity index (χ0n) is 20.9. The van der Waals surface area contributed by atoms with Crippen LogP contribution in [0.5, 0.6) is 11.5 Å². The molecule has 2 aromatic carbocycles. The Kier molecular flexibility index (Phi) is 10.6. The van der Waals surface area contributed by atoms with Crippen LogP contribution in [0.2, 0.25) is 0 Å². The third-order valence-corrected chi connectivity index (χ3v) is 6.98. The Balaban J connectivity index is 2.01. The van der Waals surface area contributed by atoms with Crippen LogP contribution in [0.3, 0.4) is 0 Å². The van der Waals surface area contributed by atoms with Gasteiger partial charge < -0.3 is 30.3 Å². The second-order valence-corrected chi connectivity index (χ2v) is 9.16. The van der Waals surface area contributed by atoms with Gasteiger partial charge >= 0.3 is 0 Å². The normalized spacial score (nSPS) is 13.4. The number of aliphatic hydroxyl groups is 2. The van der Waals surface area contributed by atoms with E-state index in [-0.39, 0.29) is 18.6 Å². The number of hydrogen-bond acceptors (Lipinski definition) is 6. The first-order valence-electron chi connectivity index (χ1n) is 11.8. The SMILES string of the molecule is COc1ccc(CCN(C)CCCC(CN)(c2ccc(CO)c(CO)c2)C(C)C)cc1OC. The van der Waals surface area contributed by atoms with Crippen molar-refractivity contribution in [1.29, 1.82) is 0 Å². The van der Waals surface area contributed by atoms with Crippen LogP contribution in [0.15, 0.2) is 36.4 Å². The van der Waals surface area contributed by atoms with Crippen LogP contribution in [-0.4, -0.2) is 56.0 Å². The van der Waals surface area contributed by atoms with Gasteiger partial charge in [0, 0.05) is 18.5 Å². The maximum atomic E-state index is 9.75. The lowest BCUT2D eigenvalue weighted by Gasteiger charge is -2.38. The lowest BCUT2D eigenvalue weighted by atomic mass is 9.68. The summed E-state index contributed by atoms with van der Waals surface area (Å²) in [5.74, 6) is 1.86. The highest BCUT2D eigenvalue weighted by atomic mass is 16.5. The molecule has 2 rings (SSSR count). The number of likely N-dealkylation sites (N-methyl/N-ethyl adjacent to an activating group) is 1. The Hall–Kier alpha value is -2.12. The average molecular weight is 459 g/mol. The fraction of sp³-hybridized carbons (Fsp3) is 0.556. The molecular weight excluding hydrogens is 416 g/mol. The third kappa shape index (κ3) is 6.70. The first kappa shape index (κ1) is 27.1. The zero-order valence-corrected chi connectivity index (χ0v) is 20.9. The quantitative estimate of drug-likeness (QED) is 0.402. The fourth-order valence-electron chi connectivity index (χ4n) is 4.59. The smallest absolute Gasteiger partial charge is 0.160 e. The highest BCUT2D eigenvalue weighted by molar-refractivity contribution is 5.43. The molecule has 6 heteroatoms. The van der Waals surface area contributed by atoms with Crippen LogP contribution in [0, 0.1) is 5.92 Å². The highest BCUT2D eigenvalue weighted by Crippen LogP contribution is 2.37. The molecule has 184 valence electrons. The van der Waals surface area contributed by atoms with Crippen molar-refractivity contribution in [2.24, 2.45) is 11.7 Å². The second kappa shape index (κ2) is 12.9. The maximum absolute atomic E-state index is 9.75. The van der Waals surface area contributed by atoms with Gasteiger partial charge in [0.15, 0.2) is 11.5 Å². The molecule has 0 saturated carbocycles. The summed E-state index contributed by atoms with van der Waals surface area (Å²) in [6, 6.07) is 12.1. The molecule has 0 fully saturated rings. The maximum Gasteiger partial charge on any atom is 0.160 e. The third-order valence-electron chi connectivity index (χ3n) is 6.98. The van der Waals surface area contributed by atoms with E-state index in [0.717, 1.165) is 60.5 Å². The minimum absolute atomic E-state index is 0.0711. The van der Waals surface area contributed by atoms with Gasteiger partial charge in [-0.1, -0.05) is 38.1 Å². The number of aliphatic hydroxyl groups excluding tert-OH is 2. The van der Waals surface area contributed by atoms with Crippen LogP contribution in [0.1, 0.15) is 48.9 Å². The number of nitrogens with two attached hydrogens (primary N) is 1. The predicted molar refractivity (Wildman–Crippen MR) is 134 cm³/mol. The first-order valence-corrected chi connectivity index (χ1v) is 11.8. The molecule has 0 aromatic heterocycles. The van der Waals surface area contributed by atoms with Crippen molar-refractivity contribution < 1.29 is 19.7 Å². The summed E-state index contributed by atoms with van der Waals surface area (Å²) >= 11 is 0. The Morgan fingerprint density at radius 3 is 2.21 bits per heavy atom. The number of rotatable bonds is 14. The van der Waals surface area contributed by atoms with Gasteiger partial charge in [0.2, 0.25) is 0 Å². The van der Waals surface area contributed by atoms with Crippen LogP contribution in [0.25, 0.3) is 0 Å². The summed E-state index contributed by atoms with van der Waals surface area (Å²) in [7, 11) is 5.46. The average Bonchev–Trinajstić information content (AvgIpc) is 2.84. The van der Waals surface area contributed by atoms with E-state index in [0.29, 0.717) is 12.5 Å². The molecule has 0 heterocycles. The predicted octanol–water partition coefficient (Wildman–Crippen LogP) is 3.50. The monoisotopic (exact) mass is 458 g/mol. The first-order chi connectivity index (χ1) is 15.8. The van der Waals surface area contributed by atoms with E-state index in [2.05, 4.69) is 37.9 Å². The zero-order chi connectivity index (χ0) is 24.4. The van der Waals surface area contributed by atoms with Gasteiger partial charge in [0.1, 0.15) is 0 Å². The van der Waals surface area contributed by atoms with E-state index >= 15 is 0 Å². The molecule has 0 amide bonds. The van der Waals surface area contributed by atoms with Gasteiger partial charge in [0.05, 0.1) is 27.4 Å². The molecule has 0 spiro atoms. The lowest BCUT2D eigenvalue weighted by molar-refractivity contribution is 0.250. The second-order valence-electron chi connectivity index (χ2n) is 9.16. The van der Waals surface area contributed by atoms with E-state index < -0.39 is 0 Å². The molecule has 0 aliphatic carbocycles. The minimum Gasteiger partial charge on any atom is -0.493 e. The Bertz CT molecular complexity index is 871. The fourth-order valence-corrected chi connectivity index (χ4v) is 4.59. The van der Waals surface area contributed by atoms with Crippen LogP contribution >= 0.6 is 0 Å². The molecule has 0 aliphatic rings. The van der Waals surface area contributed by atoms with Gasteiger partial charge in [-0.2, -0.15) is 0 Å². The van der Waals surface area contributed by atoms with Gasteiger partial charge in [0.25, 0.3) is 0 Å². The minimum atomic E-state index is -0.165. The molecule has 1 unspecified atom stereocenters. The summed E-state index contributed by atoms with van der Waals surface area (Å²) < 4.78 is 10.7. The van der Waals surface area contributed by atoms with E-state index in [1.165, 1.54) is 5.56 Å². The summed E-state index contributed by atoms with van der Waals surface area (Å²) in [6.45, 7) is 6.75. The molecule has 4 N–H and O–H groups in total. The van der Waals surface area contributed by atoms with E-state index in [9.17, 15) is 10.2 Å². The van der Waals surface area contributed by atoms with Crippen LogP contribution < -0.4 is 15.2 Å². The standard InChI is InChI=1S/C27H42N2O4/c1-20(2)27(19-28,24-9-8-22(17-30)23(16-24)18-31)12-6-13-29(3)14-11-21-7-10-25(32-4)26(15-21)33-5/h7-10,15-16,20,30-31H,6,11-14,17-19,28H2,1-5H3. The molecule has 1 atom stereocenters. The van der Waals surface area contributed by atoms with Crippen LogP contribution in [-0.2, 0) is 25.0 Å². The van der Waals surface area contributed by atoms with Crippen LogP contribution in [0.4, 0.5) is 0 Å². The largest absolute Gasteiger partial charge is 0.493 e. The Morgan fingerprint density at radius 1 is 0.939 bits per heavy atom. The van der Waals surface area contributed by atoms with Gasteiger partial charge in [-0.15, -0.1) is 0 Å². The van der Waals surface area contributed by atoms with Crippen molar-refractivity contribution in [3.63, 3.8) is 0 Å². The van der Waals surface area contributed by atoms with E-state index in [1.54, 1.807) is 14.2 Å². The number of ether oxygens (including phenoxy) is 2. The number of nitrogens with zero attached hydrogens (tertiary/aromatic N) is 1. The Morgan fingerprint density at radius 2 is 1.64 bits per heavy atom. The number of methoxy groups -OCH3 is 2. The molecule has 0 radical (unpaired) electrons. The number of hydrogen-bond donors (Lipinski definition) is 3. The molecule has 33 heavy (non-hydrogen) atoms. The van der Waals surface area contributed by atoms with Crippen molar-refractivity contribution in [3.05, 3.63) is 58.7 Å². The van der Waals surface area contributed by atoms with Crippen molar-refractivity contribution in [1.82, 2.24) is 4.90 Å². The van der Waals surface area contributed by atoms with Gasteiger partial charge in [-0.05, 0) is 73.2 Å². The van der Waals surface area contributed by atoms with Gasteiger partial charge in [-0.3, -0.25) is 0 Å². The van der Waals surface area contributed by atoms with Gasteiger partial charge in [-0.25, -0.2) is 0 Å². The molecule has 0 saturated heterocycles. The van der Waals surface area contributed by atoms with E-state index in [1.807, 2.05) is 24.3 Å². The molecular formula is C27H42N2O4. The van der Waals surface area contributed by atoms with Crippen molar-refractivity contribution >= 4 is 0 Å². The molecule has 6 nitrogen and oxygen atoms in total. The topological polar surface area (TPSA) is 88.2 Å². The van der Waals surface area contributed by atoms with Crippen molar-refractivity contribution in [3.8, 4) is 11.5 Å². The number of benzene rings is 2. The molecule has 0 bridgehead atoms. The lowest BCUT2D eigenvalue weighted by Crippen LogP contribution is -2.41. The van der Waals surface area contributed by atoms with E-state index in [4.69, 9.17) is 15.2 Å². The van der Waals surface area contributed by atoms with Crippen molar-refractivity contribution in [2.75, 3.05) is 40.9 Å². The summed E-state index contributed by atoms with van der Waals surface area (Å²) in [5.41, 5.74) is 10.1. The Labute approximate surface area is 199 Å². The molecule has 0 aliphatic heterocycles. The highest BCUT2D eigenvalue weighted by Gasteiger charge is 2.34. The summed E-state index contributed by atoms with van der Waals surface area (Å²) in [5, 5.41) is 19.3.